The van der Waals surface area contributed by atoms with Gasteiger partial charge in [-0.2, -0.15) is 0 Å². The molecule has 0 heterocycles. The summed E-state index contributed by atoms with van der Waals surface area (Å²) in [5.41, 5.74) is 11.4. The first-order chi connectivity index (χ1) is 9.85. The van der Waals surface area contributed by atoms with Gasteiger partial charge in [-0.05, 0) is 31.9 Å². The highest BCUT2D eigenvalue weighted by atomic mass is 35.5. The number of alkyl halides is 1. The van der Waals surface area contributed by atoms with E-state index in [1.165, 1.54) is 0 Å². The van der Waals surface area contributed by atoms with Crippen LogP contribution in [0.2, 0.25) is 0 Å². The Kier molecular flexibility index (Phi) is 6.94. The number of hydrogen-bond acceptors (Lipinski definition) is 3. The fourth-order valence-corrected chi connectivity index (χ4v) is 3.31. The summed E-state index contributed by atoms with van der Waals surface area (Å²) in [6, 6.07) is 6.30. The molecule has 0 bridgehead atoms. The van der Waals surface area contributed by atoms with Crippen LogP contribution in [0.5, 0.6) is 0 Å². The highest BCUT2D eigenvalue weighted by Crippen LogP contribution is 2.12. The first kappa shape index (κ1) is 17.7. The molecule has 0 radical (unpaired) electrons. The highest BCUT2D eigenvalue weighted by molar-refractivity contribution is 7.89. The van der Waals surface area contributed by atoms with Crippen molar-refractivity contribution in [1.82, 2.24) is 4.72 Å². The van der Waals surface area contributed by atoms with Gasteiger partial charge < -0.3 is 11.5 Å². The fourth-order valence-electron chi connectivity index (χ4n) is 1.72. The van der Waals surface area contributed by atoms with Crippen molar-refractivity contribution < 1.29 is 8.42 Å². The van der Waals surface area contributed by atoms with Crippen LogP contribution in [0, 0.1) is 6.92 Å². The number of sulfonamides is 1. The summed E-state index contributed by atoms with van der Waals surface area (Å²) >= 11 is 5.82. The number of halogens is 1. The average Bonchev–Trinajstić information content (AvgIpc) is 2.42. The molecule has 118 valence electrons. The third-order valence-electron chi connectivity index (χ3n) is 2.84. The largest absolute Gasteiger partial charge is 0.370 e. The molecular formula is C13H21ClN4O2S. The van der Waals surface area contributed by atoms with Crippen molar-refractivity contribution in [2.45, 2.75) is 30.7 Å². The lowest BCUT2D eigenvalue weighted by molar-refractivity contribution is 0.541. The Morgan fingerprint density at radius 1 is 1.33 bits per heavy atom. The molecule has 0 saturated heterocycles. The van der Waals surface area contributed by atoms with Crippen molar-refractivity contribution in [3.8, 4) is 0 Å². The lowest BCUT2D eigenvalue weighted by Crippen LogP contribution is -2.36. The van der Waals surface area contributed by atoms with Crippen LogP contribution in [-0.2, 0) is 10.0 Å². The first-order valence-corrected chi connectivity index (χ1v) is 8.57. The Morgan fingerprint density at radius 3 is 2.48 bits per heavy atom. The second-order valence-corrected chi connectivity index (χ2v) is 6.76. The van der Waals surface area contributed by atoms with Gasteiger partial charge >= 0.3 is 0 Å². The van der Waals surface area contributed by atoms with Crippen LogP contribution in [0.1, 0.15) is 18.4 Å². The van der Waals surface area contributed by atoms with Gasteiger partial charge in [-0.25, -0.2) is 13.1 Å². The minimum Gasteiger partial charge on any atom is -0.370 e. The number of aryl methyl sites for hydroxylation is 1. The summed E-state index contributed by atoms with van der Waals surface area (Å²) in [4.78, 5) is 4.08. The van der Waals surface area contributed by atoms with Gasteiger partial charge in [0, 0.05) is 18.5 Å². The van der Waals surface area contributed by atoms with E-state index in [0.29, 0.717) is 19.4 Å². The van der Waals surface area contributed by atoms with E-state index in [1.54, 1.807) is 24.3 Å². The molecular weight excluding hydrogens is 312 g/mol. The Labute approximate surface area is 130 Å². The molecule has 1 unspecified atom stereocenters. The molecule has 1 aromatic carbocycles. The van der Waals surface area contributed by atoms with Gasteiger partial charge in [0.05, 0.1) is 4.90 Å². The van der Waals surface area contributed by atoms with Crippen LogP contribution in [0.25, 0.3) is 0 Å². The third kappa shape index (κ3) is 6.33. The maximum atomic E-state index is 12.2. The van der Waals surface area contributed by atoms with Crippen molar-refractivity contribution >= 4 is 27.6 Å². The fraction of sp³-hybridized carbons (Fsp3) is 0.462. The number of aliphatic imine (C=N–C) groups is 1. The molecule has 8 heteroatoms. The summed E-state index contributed by atoms with van der Waals surface area (Å²) in [7, 11) is -3.56. The molecule has 21 heavy (non-hydrogen) atoms. The summed E-state index contributed by atoms with van der Waals surface area (Å²) in [6.45, 7) is 2.34. The van der Waals surface area contributed by atoms with Crippen LogP contribution < -0.4 is 16.2 Å². The molecule has 1 rings (SSSR count). The number of guanidine groups is 1. The molecule has 0 aliphatic carbocycles. The first-order valence-electron chi connectivity index (χ1n) is 6.55. The van der Waals surface area contributed by atoms with Crippen LogP contribution >= 0.6 is 11.6 Å². The minimum absolute atomic E-state index is 0.0256. The molecule has 1 aromatic rings. The van der Waals surface area contributed by atoms with E-state index in [1.807, 2.05) is 6.92 Å². The second kappa shape index (κ2) is 8.21. The van der Waals surface area contributed by atoms with E-state index in [4.69, 9.17) is 23.1 Å². The predicted molar refractivity (Wildman–Crippen MR) is 85.9 cm³/mol. The SMILES string of the molecule is Cc1ccc(S(=O)(=O)NC(CCl)CCCN=C(N)N)cc1. The number of nitrogens with zero attached hydrogens (tertiary/aromatic N) is 1. The van der Waals surface area contributed by atoms with Gasteiger partial charge in [-0.1, -0.05) is 17.7 Å². The van der Waals surface area contributed by atoms with E-state index >= 15 is 0 Å². The Hall–Kier alpha value is -1.31. The Morgan fingerprint density at radius 2 is 1.95 bits per heavy atom. The summed E-state index contributed by atoms with van der Waals surface area (Å²) in [5, 5.41) is 0. The second-order valence-electron chi connectivity index (χ2n) is 4.73. The molecule has 0 aromatic heterocycles. The summed E-state index contributed by atoms with van der Waals surface area (Å²) < 4.78 is 27.0. The van der Waals surface area contributed by atoms with Gasteiger partial charge in [-0.15, -0.1) is 11.6 Å². The van der Waals surface area contributed by atoms with Crippen LogP contribution in [0.4, 0.5) is 0 Å². The van der Waals surface area contributed by atoms with Gasteiger partial charge in [0.1, 0.15) is 0 Å². The van der Waals surface area contributed by atoms with Crippen molar-refractivity contribution in [2.24, 2.45) is 16.5 Å². The van der Waals surface area contributed by atoms with Crippen molar-refractivity contribution in [2.75, 3.05) is 12.4 Å². The van der Waals surface area contributed by atoms with Crippen LogP contribution in [0.3, 0.4) is 0 Å². The Bertz CT molecular complexity index is 568. The molecule has 6 nitrogen and oxygen atoms in total. The number of rotatable bonds is 8. The van der Waals surface area contributed by atoms with Crippen molar-refractivity contribution in [3.63, 3.8) is 0 Å². The number of benzene rings is 1. The van der Waals surface area contributed by atoms with Gasteiger partial charge in [0.25, 0.3) is 0 Å². The molecule has 0 amide bonds. The summed E-state index contributed by atoms with van der Waals surface area (Å²) in [5.74, 6) is 0.213. The van der Waals surface area contributed by atoms with Crippen molar-refractivity contribution in [1.29, 1.82) is 0 Å². The standard InChI is InChI=1S/C13H21ClN4O2S/c1-10-4-6-12(7-5-10)21(19,20)18-11(9-14)3-2-8-17-13(15)16/h4-7,11,18H,2-3,8-9H2,1H3,(H4,15,16,17). The molecule has 0 aliphatic heterocycles. The number of nitrogens with two attached hydrogens (primary N) is 2. The topological polar surface area (TPSA) is 111 Å². The minimum atomic E-state index is -3.56. The maximum Gasteiger partial charge on any atom is 0.240 e. The Balaban J connectivity index is 2.62. The number of nitrogens with one attached hydrogen (secondary N) is 1. The third-order valence-corrected chi connectivity index (χ3v) is 4.75. The molecule has 0 aliphatic rings. The van der Waals surface area contributed by atoms with E-state index < -0.39 is 10.0 Å². The zero-order chi connectivity index (χ0) is 15.9. The van der Waals surface area contributed by atoms with Crippen LogP contribution in [-0.4, -0.2) is 32.8 Å². The zero-order valence-corrected chi connectivity index (χ0v) is 13.5. The average molecular weight is 333 g/mol. The van der Waals surface area contributed by atoms with Gasteiger partial charge in [-0.3, -0.25) is 4.99 Å². The monoisotopic (exact) mass is 332 g/mol. The molecule has 0 spiro atoms. The molecule has 1 atom stereocenters. The quantitative estimate of drug-likeness (QED) is 0.284. The summed E-state index contributed by atoms with van der Waals surface area (Å²) in [6.07, 6.45) is 1.21. The van der Waals surface area contributed by atoms with E-state index in [2.05, 4.69) is 9.71 Å². The van der Waals surface area contributed by atoms with Gasteiger partial charge in [0.15, 0.2) is 5.96 Å². The van der Waals surface area contributed by atoms with E-state index in [-0.39, 0.29) is 22.8 Å². The maximum absolute atomic E-state index is 12.2. The smallest absolute Gasteiger partial charge is 0.240 e. The van der Waals surface area contributed by atoms with Crippen LogP contribution in [0.15, 0.2) is 34.2 Å². The zero-order valence-electron chi connectivity index (χ0n) is 11.9. The lowest BCUT2D eigenvalue weighted by Gasteiger charge is -2.16. The lowest BCUT2D eigenvalue weighted by atomic mass is 10.2. The van der Waals surface area contributed by atoms with E-state index in [9.17, 15) is 8.42 Å². The van der Waals surface area contributed by atoms with Gasteiger partial charge in [0.2, 0.25) is 10.0 Å². The molecule has 5 N–H and O–H groups in total. The van der Waals surface area contributed by atoms with E-state index in [0.717, 1.165) is 5.56 Å². The van der Waals surface area contributed by atoms with Crippen molar-refractivity contribution in [3.05, 3.63) is 29.8 Å². The predicted octanol–water partition coefficient (Wildman–Crippen LogP) is 0.934. The normalized spacial score (nSPS) is 12.9. The number of hydrogen-bond donors (Lipinski definition) is 3. The highest BCUT2D eigenvalue weighted by Gasteiger charge is 2.19. The molecule has 0 saturated carbocycles. The molecule has 0 fully saturated rings.